The molecule has 34 heavy (non-hydrogen) atoms. The van der Waals surface area contributed by atoms with Gasteiger partial charge in [-0.2, -0.15) is 4.98 Å². The number of nitrogens with one attached hydrogen (secondary N) is 1. The third kappa shape index (κ3) is 5.21. The van der Waals surface area contributed by atoms with Crippen molar-refractivity contribution in [2.24, 2.45) is 0 Å². The quantitative estimate of drug-likeness (QED) is 0.372. The molecule has 3 aromatic carbocycles. The van der Waals surface area contributed by atoms with Gasteiger partial charge in [-0.15, -0.1) is 5.10 Å². The molecule has 174 valence electrons. The molecule has 0 aliphatic heterocycles. The monoisotopic (exact) mass is 462 g/mol. The summed E-state index contributed by atoms with van der Waals surface area (Å²) in [5, 5.41) is 7.23. The third-order valence-corrected chi connectivity index (χ3v) is 4.94. The lowest BCUT2D eigenvalue weighted by Gasteiger charge is -2.09. The Morgan fingerprint density at radius 1 is 0.971 bits per heavy atom. The SMILES string of the molecule is COCCOc1nc(-c2ccccc2F)n(-c2ccc(NC(=O)c3ccc(OC)cc3)cc2)n1. The smallest absolute Gasteiger partial charge is 0.336 e. The Labute approximate surface area is 195 Å². The number of carbonyl (C=O) groups excluding carboxylic acids is 1. The Morgan fingerprint density at radius 2 is 1.71 bits per heavy atom. The van der Waals surface area contributed by atoms with E-state index in [0.717, 1.165) is 0 Å². The van der Waals surface area contributed by atoms with Gasteiger partial charge in [0, 0.05) is 18.4 Å². The van der Waals surface area contributed by atoms with Crippen molar-refractivity contribution in [2.75, 3.05) is 32.8 Å². The van der Waals surface area contributed by atoms with Gasteiger partial charge < -0.3 is 19.5 Å². The molecule has 1 N–H and O–H groups in total. The van der Waals surface area contributed by atoms with Crippen molar-refractivity contribution in [3.8, 4) is 28.8 Å². The van der Waals surface area contributed by atoms with Gasteiger partial charge in [-0.25, -0.2) is 9.07 Å². The largest absolute Gasteiger partial charge is 0.497 e. The van der Waals surface area contributed by atoms with E-state index in [1.807, 2.05) is 0 Å². The average molecular weight is 462 g/mol. The summed E-state index contributed by atoms with van der Waals surface area (Å²) in [6.07, 6.45) is 0. The van der Waals surface area contributed by atoms with Gasteiger partial charge in [-0.1, -0.05) is 12.1 Å². The molecular formula is C25H23FN4O4. The number of carbonyl (C=O) groups is 1. The molecule has 4 aromatic rings. The maximum Gasteiger partial charge on any atom is 0.336 e. The zero-order chi connectivity index (χ0) is 23.9. The average Bonchev–Trinajstić information content (AvgIpc) is 3.29. The molecule has 0 fully saturated rings. The summed E-state index contributed by atoms with van der Waals surface area (Å²) in [6, 6.07) is 20.2. The minimum atomic E-state index is -0.428. The number of rotatable bonds is 9. The van der Waals surface area contributed by atoms with Crippen molar-refractivity contribution < 1.29 is 23.4 Å². The van der Waals surface area contributed by atoms with Crippen LogP contribution in [0.3, 0.4) is 0 Å². The summed E-state index contributed by atoms with van der Waals surface area (Å²) in [4.78, 5) is 16.9. The van der Waals surface area contributed by atoms with E-state index in [4.69, 9.17) is 14.2 Å². The second-order valence-electron chi connectivity index (χ2n) is 7.18. The first-order valence-electron chi connectivity index (χ1n) is 10.5. The fourth-order valence-corrected chi connectivity index (χ4v) is 3.20. The Morgan fingerprint density at radius 3 is 2.38 bits per heavy atom. The minimum absolute atomic E-state index is 0.104. The van der Waals surface area contributed by atoms with Crippen LogP contribution in [0.25, 0.3) is 17.1 Å². The second-order valence-corrected chi connectivity index (χ2v) is 7.18. The van der Waals surface area contributed by atoms with Crippen molar-refractivity contribution in [1.82, 2.24) is 14.8 Å². The summed E-state index contributed by atoms with van der Waals surface area (Å²) in [6.45, 7) is 0.625. The number of aromatic nitrogens is 3. The van der Waals surface area contributed by atoms with Crippen molar-refractivity contribution >= 4 is 11.6 Å². The molecular weight excluding hydrogens is 439 g/mol. The maximum absolute atomic E-state index is 14.5. The first-order chi connectivity index (χ1) is 16.6. The number of ether oxygens (including phenoxy) is 3. The lowest BCUT2D eigenvalue weighted by Crippen LogP contribution is -2.11. The van der Waals surface area contributed by atoms with E-state index in [1.54, 1.807) is 80.9 Å². The number of hydrogen-bond acceptors (Lipinski definition) is 6. The highest BCUT2D eigenvalue weighted by Gasteiger charge is 2.18. The van der Waals surface area contributed by atoms with Gasteiger partial charge in [0.05, 0.1) is 25.0 Å². The third-order valence-electron chi connectivity index (χ3n) is 4.94. The van der Waals surface area contributed by atoms with E-state index < -0.39 is 5.82 Å². The van der Waals surface area contributed by atoms with E-state index in [-0.39, 0.29) is 24.1 Å². The molecule has 0 saturated heterocycles. The van der Waals surface area contributed by atoms with Crippen molar-refractivity contribution in [1.29, 1.82) is 0 Å². The molecule has 0 atom stereocenters. The first kappa shape index (κ1) is 22.9. The van der Waals surface area contributed by atoms with E-state index in [0.29, 0.717) is 35.1 Å². The highest BCUT2D eigenvalue weighted by atomic mass is 19.1. The number of nitrogens with zero attached hydrogens (tertiary/aromatic N) is 3. The fourth-order valence-electron chi connectivity index (χ4n) is 3.20. The fraction of sp³-hybridized carbons (Fsp3) is 0.160. The Hall–Kier alpha value is -4.24. The van der Waals surface area contributed by atoms with Crippen LogP contribution in [-0.2, 0) is 4.74 Å². The number of anilines is 1. The highest BCUT2D eigenvalue weighted by Crippen LogP contribution is 2.26. The van der Waals surface area contributed by atoms with Crippen LogP contribution in [-0.4, -0.2) is 48.1 Å². The van der Waals surface area contributed by atoms with E-state index in [1.165, 1.54) is 10.7 Å². The molecule has 0 bridgehead atoms. The molecule has 8 nitrogen and oxygen atoms in total. The topological polar surface area (TPSA) is 87.5 Å². The molecule has 0 unspecified atom stereocenters. The normalized spacial score (nSPS) is 10.7. The van der Waals surface area contributed by atoms with Gasteiger partial charge in [0.2, 0.25) is 0 Å². The Kier molecular flexibility index (Phi) is 7.14. The molecule has 1 amide bonds. The number of methoxy groups -OCH3 is 2. The molecule has 1 heterocycles. The van der Waals surface area contributed by atoms with Crippen molar-refractivity contribution in [3.63, 3.8) is 0 Å². The van der Waals surface area contributed by atoms with Gasteiger partial charge in [-0.05, 0) is 60.7 Å². The summed E-state index contributed by atoms with van der Waals surface area (Å²) in [5.41, 5.74) is 2.00. The summed E-state index contributed by atoms with van der Waals surface area (Å²) >= 11 is 0. The summed E-state index contributed by atoms with van der Waals surface area (Å²) in [5.74, 6) is 0.283. The van der Waals surface area contributed by atoms with Crippen LogP contribution < -0.4 is 14.8 Å². The minimum Gasteiger partial charge on any atom is -0.497 e. The van der Waals surface area contributed by atoms with Gasteiger partial charge in [-0.3, -0.25) is 4.79 Å². The molecule has 0 aliphatic carbocycles. The first-order valence-corrected chi connectivity index (χ1v) is 10.5. The number of benzene rings is 3. The van der Waals surface area contributed by atoms with Gasteiger partial charge in [0.15, 0.2) is 5.82 Å². The van der Waals surface area contributed by atoms with Crippen molar-refractivity contribution in [3.05, 3.63) is 84.2 Å². The molecule has 0 radical (unpaired) electrons. The predicted molar refractivity (Wildman–Crippen MR) is 125 cm³/mol. The van der Waals surface area contributed by atoms with Crippen LogP contribution in [0.4, 0.5) is 10.1 Å². The lowest BCUT2D eigenvalue weighted by atomic mass is 10.2. The van der Waals surface area contributed by atoms with E-state index in [9.17, 15) is 9.18 Å². The zero-order valence-corrected chi connectivity index (χ0v) is 18.7. The van der Waals surface area contributed by atoms with Crippen LogP contribution in [0.1, 0.15) is 10.4 Å². The maximum atomic E-state index is 14.5. The molecule has 0 saturated carbocycles. The number of hydrogen-bond donors (Lipinski definition) is 1. The number of amides is 1. The van der Waals surface area contributed by atoms with Gasteiger partial charge >= 0.3 is 6.01 Å². The van der Waals surface area contributed by atoms with Crippen molar-refractivity contribution in [2.45, 2.75) is 0 Å². The molecule has 0 spiro atoms. The van der Waals surface area contributed by atoms with Crippen LogP contribution in [0.15, 0.2) is 72.8 Å². The summed E-state index contributed by atoms with van der Waals surface area (Å²) < 4.78 is 31.6. The Bertz CT molecular complexity index is 1260. The lowest BCUT2D eigenvalue weighted by molar-refractivity contribution is 0.102. The predicted octanol–water partition coefficient (Wildman–Crippen LogP) is 4.36. The van der Waals surface area contributed by atoms with Gasteiger partial charge in [0.25, 0.3) is 5.91 Å². The second kappa shape index (κ2) is 10.6. The number of halogens is 1. The summed E-state index contributed by atoms with van der Waals surface area (Å²) in [7, 11) is 3.13. The standard InChI is InChI=1S/C25H23FN4O4/c1-32-15-16-34-25-28-23(21-5-3-4-6-22(21)26)30(29-25)19-11-9-18(10-12-19)27-24(31)17-7-13-20(33-2)14-8-17/h3-14H,15-16H2,1-2H3,(H,27,31). The van der Waals surface area contributed by atoms with E-state index >= 15 is 0 Å². The molecule has 0 aliphatic rings. The molecule has 4 rings (SSSR count). The molecule has 1 aromatic heterocycles. The van der Waals surface area contributed by atoms with E-state index in [2.05, 4.69) is 15.4 Å². The van der Waals surface area contributed by atoms with Crippen LogP contribution >= 0.6 is 0 Å². The van der Waals surface area contributed by atoms with Crippen LogP contribution in [0, 0.1) is 5.82 Å². The van der Waals surface area contributed by atoms with Crippen LogP contribution in [0.5, 0.6) is 11.8 Å². The zero-order valence-electron chi connectivity index (χ0n) is 18.7. The van der Waals surface area contributed by atoms with Gasteiger partial charge in [0.1, 0.15) is 18.2 Å². The molecule has 9 heteroatoms. The highest BCUT2D eigenvalue weighted by molar-refractivity contribution is 6.04. The van der Waals surface area contributed by atoms with Crippen LogP contribution in [0.2, 0.25) is 0 Å². The Balaban J connectivity index is 1.58.